The maximum Gasteiger partial charge on any atom is 0.226 e. The Morgan fingerprint density at radius 3 is 1.19 bits per heavy atom. The summed E-state index contributed by atoms with van der Waals surface area (Å²) in [5, 5.41) is 19.4. The predicted octanol–water partition coefficient (Wildman–Crippen LogP) is 8.82. The number of benzene rings is 2. The largest absolute Gasteiger partial charge is 0.393 e. The lowest BCUT2D eigenvalue weighted by Crippen LogP contribution is -2.54. The summed E-state index contributed by atoms with van der Waals surface area (Å²) >= 11 is 0. The van der Waals surface area contributed by atoms with Crippen molar-refractivity contribution in [1.82, 2.24) is 19.6 Å². The molecule has 10 nitrogen and oxygen atoms in total. The summed E-state index contributed by atoms with van der Waals surface area (Å²) in [4.78, 5) is 60.0. The molecule has 2 amide bonds. The van der Waals surface area contributed by atoms with Crippen LogP contribution in [-0.4, -0.2) is 117 Å². The van der Waals surface area contributed by atoms with E-state index in [0.29, 0.717) is 49.6 Å². The van der Waals surface area contributed by atoms with Gasteiger partial charge in [-0.25, -0.2) is 8.78 Å². The molecule has 2 heterocycles. The minimum absolute atomic E-state index is 0.158. The Morgan fingerprint density at radius 1 is 0.515 bits per heavy atom. The fourth-order valence-corrected chi connectivity index (χ4v) is 12.5. The minimum atomic E-state index is -0.285. The molecule has 2 N–H and O–H groups in total. The first kappa shape index (κ1) is 52.2. The number of hydrogen-bond donors (Lipinski definition) is 2. The van der Waals surface area contributed by atoms with Crippen molar-refractivity contribution in [3.63, 3.8) is 0 Å². The Morgan fingerprint density at radius 2 is 0.853 bits per heavy atom. The molecule has 0 spiro atoms. The highest BCUT2D eigenvalue weighted by Crippen LogP contribution is 2.32. The van der Waals surface area contributed by atoms with Crippen molar-refractivity contribution in [2.24, 2.45) is 23.7 Å². The van der Waals surface area contributed by atoms with Gasteiger partial charge in [0.1, 0.15) is 23.2 Å². The van der Waals surface area contributed by atoms with Crippen LogP contribution >= 0.6 is 0 Å². The molecule has 2 saturated heterocycles. The zero-order chi connectivity index (χ0) is 48.5. The third-order valence-corrected chi connectivity index (χ3v) is 16.8. The van der Waals surface area contributed by atoms with Crippen LogP contribution in [0.5, 0.6) is 0 Å². The van der Waals surface area contributed by atoms with Gasteiger partial charge in [-0.05, 0) is 174 Å². The van der Waals surface area contributed by atoms with E-state index in [1.807, 2.05) is 13.8 Å². The highest BCUT2D eigenvalue weighted by Gasteiger charge is 2.35. The van der Waals surface area contributed by atoms with Gasteiger partial charge in [0.05, 0.1) is 12.2 Å². The number of ketones is 2. The quantitative estimate of drug-likeness (QED) is 0.193. The number of nitrogens with zero attached hydrogens (tertiary/aromatic N) is 4. The third-order valence-electron chi connectivity index (χ3n) is 16.8. The van der Waals surface area contributed by atoms with E-state index >= 15 is 0 Å². The van der Waals surface area contributed by atoms with Crippen LogP contribution < -0.4 is 0 Å². The molecule has 0 radical (unpaired) electrons. The second-order valence-corrected chi connectivity index (χ2v) is 22.1. The Labute approximate surface area is 405 Å². The van der Waals surface area contributed by atoms with E-state index in [1.54, 1.807) is 12.1 Å². The molecule has 2 aliphatic heterocycles. The zero-order valence-corrected chi connectivity index (χ0v) is 41.8. The number of aliphatic hydroxyl groups excluding tert-OH is 2. The molecule has 0 aromatic heterocycles. The van der Waals surface area contributed by atoms with Gasteiger partial charge in [0.2, 0.25) is 11.8 Å². The summed E-state index contributed by atoms with van der Waals surface area (Å²) in [6, 6.07) is 6.56. The number of rotatable bonds is 14. The number of amides is 2. The Hall–Kier alpha value is -3.58. The highest BCUT2D eigenvalue weighted by molar-refractivity contribution is 5.82. The van der Waals surface area contributed by atoms with Crippen LogP contribution in [0.1, 0.15) is 163 Å². The molecule has 8 rings (SSSR count). The van der Waals surface area contributed by atoms with Crippen molar-refractivity contribution >= 4 is 23.4 Å². The van der Waals surface area contributed by atoms with Gasteiger partial charge in [-0.3, -0.25) is 29.0 Å². The van der Waals surface area contributed by atoms with Crippen LogP contribution in [0.3, 0.4) is 0 Å². The van der Waals surface area contributed by atoms with Crippen molar-refractivity contribution in [2.75, 3.05) is 39.3 Å². The first-order valence-corrected chi connectivity index (χ1v) is 26.6. The lowest BCUT2D eigenvalue weighted by Gasteiger charge is -2.41. The fraction of sp³-hybridized carbons (Fsp3) is 0.714. The lowest BCUT2D eigenvalue weighted by molar-refractivity contribution is -0.140. The molecule has 6 fully saturated rings. The summed E-state index contributed by atoms with van der Waals surface area (Å²) in [5.74, 6) is 1.49. The molecule has 0 bridgehead atoms. The number of hydrogen-bond acceptors (Lipinski definition) is 8. The van der Waals surface area contributed by atoms with Gasteiger partial charge in [0.15, 0.2) is 0 Å². The molecular weight excluding hydrogens is 863 g/mol. The number of halogens is 2. The number of piperazine rings is 2. The average Bonchev–Trinajstić information content (AvgIpc) is 4.05. The van der Waals surface area contributed by atoms with E-state index in [1.165, 1.54) is 12.1 Å². The van der Waals surface area contributed by atoms with Crippen LogP contribution in [0.15, 0.2) is 24.3 Å². The Bertz CT molecular complexity index is 1890. The second kappa shape index (κ2) is 24.5. The number of aliphatic hydroxyl groups is 2. The van der Waals surface area contributed by atoms with Gasteiger partial charge in [0, 0.05) is 102 Å². The van der Waals surface area contributed by atoms with E-state index < -0.39 is 0 Å². The molecule has 12 heteroatoms. The van der Waals surface area contributed by atoms with E-state index in [4.69, 9.17) is 0 Å². The monoisotopic (exact) mass is 945 g/mol. The summed E-state index contributed by atoms with van der Waals surface area (Å²) in [7, 11) is 0. The van der Waals surface area contributed by atoms with E-state index in [9.17, 15) is 38.2 Å². The normalized spacial score (nSPS) is 26.7. The van der Waals surface area contributed by atoms with Crippen LogP contribution in [0.25, 0.3) is 0 Å². The predicted molar refractivity (Wildman–Crippen MR) is 262 cm³/mol. The van der Waals surface area contributed by atoms with Crippen LogP contribution in [-0.2, 0) is 45.1 Å². The maximum absolute atomic E-state index is 14.5. The molecule has 2 aromatic carbocycles. The molecule has 4 aliphatic carbocycles. The third kappa shape index (κ3) is 14.3. The second-order valence-electron chi connectivity index (χ2n) is 22.1. The lowest BCUT2D eigenvalue weighted by atomic mass is 9.83. The first-order chi connectivity index (χ1) is 32.6. The van der Waals surface area contributed by atoms with Gasteiger partial charge >= 0.3 is 0 Å². The van der Waals surface area contributed by atoms with E-state index in [2.05, 4.69) is 33.4 Å². The summed E-state index contributed by atoms with van der Waals surface area (Å²) in [5.41, 5.74) is 5.47. The smallest absolute Gasteiger partial charge is 0.226 e. The number of carbonyl (C=O) groups is 4. The number of Topliss-reactive ketones (excluding diaryl/α,β-unsaturated/α-hetero) is 2. The van der Waals surface area contributed by atoms with Crippen LogP contribution in [0.2, 0.25) is 0 Å². The van der Waals surface area contributed by atoms with Crippen molar-refractivity contribution in [3.8, 4) is 0 Å². The van der Waals surface area contributed by atoms with Crippen LogP contribution in [0.4, 0.5) is 8.78 Å². The molecule has 376 valence electrons. The SMILES string of the molecule is Cc1c(CC(=O)CC2CCC(O)CC2)cc(F)cc1CN1CCN(C(=O)C2CCCC2)[C@@H](C)C1.Cc1c(CC(=O)CC2CCC(O)CC2)cc(F)cc1CN1CCN(C(=O)C2CCCC2)[C@@H](C)C1. The summed E-state index contributed by atoms with van der Waals surface area (Å²) in [6.45, 7) is 14.1. The summed E-state index contributed by atoms with van der Waals surface area (Å²) in [6.07, 6.45) is 16.6. The topological polar surface area (TPSA) is 122 Å². The minimum Gasteiger partial charge on any atom is -0.393 e. The maximum atomic E-state index is 14.5. The fourth-order valence-electron chi connectivity index (χ4n) is 12.5. The number of carbonyl (C=O) groups excluding carboxylic acids is 4. The van der Waals surface area contributed by atoms with Crippen molar-refractivity contribution in [3.05, 3.63) is 69.3 Å². The van der Waals surface area contributed by atoms with Gasteiger partial charge in [0.25, 0.3) is 0 Å². The van der Waals surface area contributed by atoms with Crippen molar-refractivity contribution in [2.45, 2.75) is 193 Å². The Balaban J connectivity index is 0.000000201. The zero-order valence-electron chi connectivity index (χ0n) is 41.8. The van der Waals surface area contributed by atoms with E-state index in [-0.39, 0.29) is 72.2 Å². The molecule has 68 heavy (non-hydrogen) atoms. The molecule has 4 saturated carbocycles. The van der Waals surface area contributed by atoms with Gasteiger partial charge in [-0.15, -0.1) is 0 Å². The van der Waals surface area contributed by atoms with Crippen molar-refractivity contribution < 1.29 is 38.2 Å². The molecular formula is C56H82F2N4O6. The molecule has 2 aromatic rings. The van der Waals surface area contributed by atoms with Crippen LogP contribution in [0, 0.1) is 49.2 Å². The summed E-state index contributed by atoms with van der Waals surface area (Å²) < 4.78 is 29.0. The van der Waals surface area contributed by atoms with Gasteiger partial charge in [-0.1, -0.05) is 25.7 Å². The molecule has 6 aliphatic rings. The Kier molecular flexibility index (Phi) is 18.8. The molecule has 0 unspecified atom stereocenters. The average molecular weight is 945 g/mol. The first-order valence-electron chi connectivity index (χ1n) is 26.6. The standard InChI is InChI=1S/2C28H41FN2O3/c2*1-19-17-30(11-12-31(19)28(34)22-5-3-4-6-22)18-24-15-25(29)14-23(20(24)2)16-27(33)13-21-7-9-26(32)10-8-21/h2*14-15,19,21-22,26,32H,3-13,16-18H2,1-2H3/t2*19-,21?,26?/m00/s1. The van der Waals surface area contributed by atoms with Crippen molar-refractivity contribution in [1.29, 1.82) is 0 Å². The molecule has 2 atom stereocenters. The van der Waals surface area contributed by atoms with Gasteiger partial charge < -0.3 is 20.0 Å². The van der Waals surface area contributed by atoms with Gasteiger partial charge in [-0.2, -0.15) is 0 Å². The highest BCUT2D eigenvalue weighted by atomic mass is 19.1. The van der Waals surface area contributed by atoms with E-state index in [0.717, 1.165) is 175 Å².